The molecule has 1 amide bonds. The van der Waals surface area contributed by atoms with Crippen LogP contribution in [-0.2, 0) is 4.79 Å². The maximum Gasteiger partial charge on any atom is 0.225 e. The summed E-state index contributed by atoms with van der Waals surface area (Å²) in [6.07, 6.45) is 1.59. The number of carbonyl (C=O) groups excluding carboxylic acids is 1. The third kappa shape index (κ3) is 9.94. The maximum absolute atomic E-state index is 12.0. The molecule has 0 saturated heterocycles. The molecule has 0 bridgehead atoms. The van der Waals surface area contributed by atoms with Crippen molar-refractivity contribution in [1.82, 2.24) is 5.32 Å². The third-order valence-electron chi connectivity index (χ3n) is 3.04. The lowest BCUT2D eigenvalue weighted by atomic mass is 9.83. The highest BCUT2D eigenvalue weighted by Crippen LogP contribution is 2.25. The quantitative estimate of drug-likeness (QED) is 0.744. The van der Waals surface area contributed by atoms with Crippen LogP contribution in [-0.4, -0.2) is 24.2 Å². The van der Waals surface area contributed by atoms with E-state index in [-0.39, 0.29) is 17.9 Å². The van der Waals surface area contributed by atoms with Gasteiger partial charge in [0.1, 0.15) is 0 Å². The van der Waals surface area contributed by atoms with Gasteiger partial charge in [-0.1, -0.05) is 55.4 Å². The van der Waals surface area contributed by atoms with Crippen LogP contribution in [0, 0.1) is 16.7 Å². The van der Waals surface area contributed by atoms with Crippen LogP contribution in [0.5, 0.6) is 0 Å². The van der Waals surface area contributed by atoms with Crippen LogP contribution in [0.1, 0.15) is 68.2 Å². The molecule has 0 rings (SSSR count). The molecule has 0 aromatic heterocycles. The molecule has 0 heterocycles. The summed E-state index contributed by atoms with van der Waals surface area (Å²) < 4.78 is 0. The number of carbonyl (C=O) groups is 1. The zero-order valence-corrected chi connectivity index (χ0v) is 14.3. The summed E-state index contributed by atoms with van der Waals surface area (Å²) >= 11 is 0. The van der Waals surface area contributed by atoms with Gasteiger partial charge in [-0.3, -0.25) is 4.79 Å². The predicted molar refractivity (Wildman–Crippen MR) is 83.1 cm³/mol. The Hall–Kier alpha value is -0.570. The van der Waals surface area contributed by atoms with E-state index < -0.39 is 5.41 Å². The first-order chi connectivity index (χ1) is 8.60. The van der Waals surface area contributed by atoms with Crippen LogP contribution in [0.4, 0.5) is 0 Å². The molecule has 3 nitrogen and oxygen atoms in total. The van der Waals surface area contributed by atoms with Crippen molar-refractivity contribution in [3.05, 3.63) is 0 Å². The molecule has 0 unspecified atom stereocenters. The minimum absolute atomic E-state index is 0.0309. The van der Waals surface area contributed by atoms with Gasteiger partial charge in [0.15, 0.2) is 0 Å². The second-order valence-corrected chi connectivity index (χ2v) is 6.80. The van der Waals surface area contributed by atoms with Gasteiger partial charge in [-0.2, -0.15) is 0 Å². The molecule has 0 fully saturated rings. The highest BCUT2D eigenvalue weighted by molar-refractivity contribution is 5.81. The lowest BCUT2D eigenvalue weighted by Gasteiger charge is -2.30. The topological polar surface area (TPSA) is 49.3 Å². The lowest BCUT2D eigenvalue weighted by molar-refractivity contribution is -0.130. The van der Waals surface area contributed by atoms with Gasteiger partial charge in [0.05, 0.1) is 0 Å². The zero-order chi connectivity index (χ0) is 15.7. The summed E-state index contributed by atoms with van der Waals surface area (Å²) in [6.45, 7) is 17.2. The van der Waals surface area contributed by atoms with Crippen LogP contribution in [0.15, 0.2) is 0 Å². The Morgan fingerprint density at radius 1 is 1.16 bits per heavy atom. The molecule has 2 N–H and O–H groups in total. The van der Waals surface area contributed by atoms with E-state index in [1.54, 1.807) is 0 Å². The van der Waals surface area contributed by atoms with Crippen LogP contribution < -0.4 is 5.32 Å². The molecule has 0 aliphatic heterocycles. The number of nitrogens with one attached hydrogen (secondary N) is 1. The van der Waals surface area contributed by atoms with E-state index in [1.165, 1.54) is 0 Å². The van der Waals surface area contributed by atoms with Gasteiger partial charge in [-0.25, -0.2) is 0 Å². The molecule has 0 spiro atoms. The third-order valence-corrected chi connectivity index (χ3v) is 3.04. The minimum atomic E-state index is -0.483. The van der Waals surface area contributed by atoms with E-state index in [0.29, 0.717) is 18.9 Å². The normalized spacial score (nSPS) is 11.9. The SMILES string of the molecule is CC.CC(C)CC(C)(C)CNC(=O)C(C)(C)CCO. The lowest BCUT2D eigenvalue weighted by Crippen LogP contribution is -2.42. The summed E-state index contributed by atoms with van der Waals surface area (Å²) in [5.41, 5.74) is -0.359. The van der Waals surface area contributed by atoms with Crippen LogP contribution in [0.25, 0.3) is 0 Å². The van der Waals surface area contributed by atoms with Crippen molar-refractivity contribution < 1.29 is 9.90 Å². The van der Waals surface area contributed by atoms with Gasteiger partial charge >= 0.3 is 0 Å². The molecule has 0 aliphatic rings. The molecule has 0 aromatic rings. The van der Waals surface area contributed by atoms with E-state index >= 15 is 0 Å². The first-order valence-corrected chi connectivity index (χ1v) is 7.50. The van der Waals surface area contributed by atoms with E-state index in [1.807, 2.05) is 27.7 Å². The average Bonchev–Trinajstić information content (AvgIpc) is 2.27. The van der Waals surface area contributed by atoms with Crippen LogP contribution >= 0.6 is 0 Å². The molecule has 19 heavy (non-hydrogen) atoms. The molecule has 0 saturated carbocycles. The molecule has 0 aliphatic carbocycles. The maximum atomic E-state index is 12.0. The Morgan fingerprint density at radius 2 is 1.63 bits per heavy atom. The van der Waals surface area contributed by atoms with Gasteiger partial charge in [0.25, 0.3) is 0 Å². The number of hydrogen-bond donors (Lipinski definition) is 2. The molecule has 0 aromatic carbocycles. The Bertz CT molecular complexity index is 245. The number of aliphatic hydroxyl groups excluding tert-OH is 1. The Balaban J connectivity index is 0. The van der Waals surface area contributed by atoms with Gasteiger partial charge in [0.2, 0.25) is 5.91 Å². The van der Waals surface area contributed by atoms with Gasteiger partial charge in [0, 0.05) is 18.6 Å². The molecular weight excluding hydrogens is 238 g/mol. The molecule has 0 radical (unpaired) electrons. The molecule has 3 heteroatoms. The average molecular weight is 273 g/mol. The largest absolute Gasteiger partial charge is 0.396 e. The number of hydrogen-bond acceptors (Lipinski definition) is 2. The fraction of sp³-hybridized carbons (Fsp3) is 0.938. The molecule has 116 valence electrons. The van der Waals surface area contributed by atoms with E-state index in [9.17, 15) is 4.79 Å². The Morgan fingerprint density at radius 3 is 2.00 bits per heavy atom. The summed E-state index contributed by atoms with van der Waals surface area (Å²) in [5.74, 6) is 0.663. The highest BCUT2D eigenvalue weighted by atomic mass is 16.3. The Kier molecular flexibility index (Phi) is 10.2. The Labute approximate surface area is 120 Å². The summed E-state index contributed by atoms with van der Waals surface area (Å²) in [4.78, 5) is 12.0. The van der Waals surface area contributed by atoms with E-state index in [2.05, 4.69) is 33.0 Å². The summed E-state index contributed by atoms with van der Waals surface area (Å²) in [7, 11) is 0. The predicted octanol–water partition coefficient (Wildman–Crippen LogP) is 3.61. The van der Waals surface area contributed by atoms with E-state index in [4.69, 9.17) is 5.11 Å². The van der Waals surface area contributed by atoms with Crippen molar-refractivity contribution in [2.45, 2.75) is 68.2 Å². The van der Waals surface area contributed by atoms with Crippen LogP contribution in [0.2, 0.25) is 0 Å². The highest BCUT2D eigenvalue weighted by Gasteiger charge is 2.28. The summed E-state index contributed by atoms with van der Waals surface area (Å²) in [5, 5.41) is 11.9. The minimum Gasteiger partial charge on any atom is -0.396 e. The van der Waals surface area contributed by atoms with Gasteiger partial charge in [-0.05, 0) is 24.2 Å². The van der Waals surface area contributed by atoms with Crippen molar-refractivity contribution in [3.63, 3.8) is 0 Å². The van der Waals surface area contributed by atoms with E-state index in [0.717, 1.165) is 6.42 Å². The van der Waals surface area contributed by atoms with Crippen molar-refractivity contribution >= 4 is 5.91 Å². The summed E-state index contributed by atoms with van der Waals surface area (Å²) in [6, 6.07) is 0. The smallest absolute Gasteiger partial charge is 0.225 e. The number of rotatable bonds is 7. The monoisotopic (exact) mass is 273 g/mol. The van der Waals surface area contributed by atoms with Gasteiger partial charge < -0.3 is 10.4 Å². The molecule has 0 atom stereocenters. The first-order valence-electron chi connectivity index (χ1n) is 7.50. The zero-order valence-electron chi connectivity index (χ0n) is 14.3. The fourth-order valence-corrected chi connectivity index (χ4v) is 2.13. The molecular formula is C16H35NO2. The second-order valence-electron chi connectivity index (χ2n) is 6.80. The fourth-order valence-electron chi connectivity index (χ4n) is 2.13. The van der Waals surface area contributed by atoms with Crippen molar-refractivity contribution in [3.8, 4) is 0 Å². The van der Waals surface area contributed by atoms with Crippen molar-refractivity contribution in [2.24, 2.45) is 16.7 Å². The second kappa shape index (κ2) is 9.35. The van der Waals surface area contributed by atoms with Crippen molar-refractivity contribution in [1.29, 1.82) is 0 Å². The standard InChI is InChI=1S/C14H29NO2.C2H6/c1-11(2)9-13(3,4)10-15-12(17)14(5,6)7-8-16;1-2/h11,16H,7-10H2,1-6H3,(H,15,17);1-2H3. The van der Waals surface area contributed by atoms with Gasteiger partial charge in [-0.15, -0.1) is 0 Å². The number of amides is 1. The van der Waals surface area contributed by atoms with Crippen LogP contribution in [0.3, 0.4) is 0 Å². The first kappa shape index (κ1) is 20.7. The number of aliphatic hydroxyl groups is 1. The van der Waals surface area contributed by atoms with Crippen molar-refractivity contribution in [2.75, 3.05) is 13.2 Å².